The Morgan fingerprint density at radius 1 is 0.786 bits per heavy atom. The Morgan fingerprint density at radius 2 is 1.41 bits per heavy atom. The molecule has 0 aromatic heterocycles. The third-order valence-corrected chi connectivity index (χ3v) is 9.98. The van der Waals surface area contributed by atoms with Crippen molar-refractivity contribution in [1.29, 1.82) is 0 Å². The Kier molecular flexibility index (Phi) is 18.2. The molecule has 0 spiro atoms. The van der Waals surface area contributed by atoms with E-state index in [1.807, 2.05) is 19.9 Å². The number of ether oxygens (including phenoxy) is 8. The second kappa shape index (κ2) is 22.5. The molecule has 1 amide bonds. The number of unbranched alkanes of at least 4 members (excludes halogenated alkanes) is 3. The molecular formula is C45H69NO10. The van der Waals surface area contributed by atoms with Crippen LogP contribution in [0.2, 0.25) is 0 Å². The highest BCUT2D eigenvalue weighted by molar-refractivity contribution is 5.81. The lowest BCUT2D eigenvalue weighted by molar-refractivity contribution is -0.267. The third-order valence-electron chi connectivity index (χ3n) is 9.98. The molecule has 0 aliphatic carbocycles. The number of rotatable bonds is 21. The minimum atomic E-state index is -0.921. The second-order valence-electron chi connectivity index (χ2n) is 16.2. The van der Waals surface area contributed by atoms with Crippen molar-refractivity contribution in [2.75, 3.05) is 39.6 Å². The molecule has 0 bridgehead atoms. The van der Waals surface area contributed by atoms with Crippen LogP contribution in [0.15, 0.2) is 36.4 Å². The van der Waals surface area contributed by atoms with Crippen molar-refractivity contribution >= 4 is 12.1 Å². The highest BCUT2D eigenvalue weighted by Crippen LogP contribution is 2.39. The molecule has 2 heterocycles. The van der Waals surface area contributed by atoms with Crippen LogP contribution in [0.4, 0.5) is 4.79 Å². The molecule has 6 atom stereocenters. The van der Waals surface area contributed by atoms with Gasteiger partial charge in [-0.1, -0.05) is 85.1 Å². The maximum Gasteiger partial charge on any atom is 0.408 e. The zero-order valence-corrected chi connectivity index (χ0v) is 35.5. The Labute approximate surface area is 335 Å². The van der Waals surface area contributed by atoms with E-state index in [2.05, 4.69) is 63.3 Å². The van der Waals surface area contributed by atoms with Gasteiger partial charge in [0.15, 0.2) is 11.5 Å². The van der Waals surface area contributed by atoms with E-state index in [4.69, 9.17) is 37.9 Å². The highest BCUT2D eigenvalue weighted by atomic mass is 16.6. The predicted octanol–water partition coefficient (Wildman–Crippen LogP) is 8.70. The van der Waals surface area contributed by atoms with E-state index in [9.17, 15) is 9.59 Å². The predicted molar refractivity (Wildman–Crippen MR) is 217 cm³/mol. The first kappa shape index (κ1) is 45.3. The van der Waals surface area contributed by atoms with E-state index in [1.54, 1.807) is 20.8 Å². The quantitative estimate of drug-likeness (QED) is 0.0973. The second-order valence-corrected chi connectivity index (χ2v) is 16.2. The standard InChI is InChI=1S/C45H69NO10/c1-10-14-21-51-40-37(29-54-43(47)38(30(5)6)46-44(48)56-45(7,8)9)55-39(41(52-22-15-11-2)42(40)53-23-16-12-3)33-19-18-32(13-4)34(28-33)26-31-17-20-35-36(27-31)50-25-24-49-35/h17-20,27-28,30,37-42H,10-16,21-26,29H2,1-9H3,(H,46,48)/t37-,38-,39+,40-,41+,42+/m1/s1. The summed E-state index contributed by atoms with van der Waals surface area (Å²) in [6, 6.07) is 11.7. The molecule has 1 saturated heterocycles. The first-order valence-corrected chi connectivity index (χ1v) is 21.1. The van der Waals surface area contributed by atoms with Crippen LogP contribution in [-0.2, 0) is 46.1 Å². The largest absolute Gasteiger partial charge is 0.486 e. The SMILES string of the molecule is CCCCO[C@@H]1[C@@H](OCCCC)[C@H](c2ccc(CC)c(Cc3ccc4c(c3)OCCO4)c2)O[C@H](COC(=O)[C@H](NC(=O)OC(C)(C)C)C(C)C)[C@H]1OCCCC. The molecule has 314 valence electrons. The molecule has 4 rings (SSSR count). The maximum absolute atomic E-state index is 13.7. The first-order valence-electron chi connectivity index (χ1n) is 21.1. The number of esters is 1. The van der Waals surface area contributed by atoms with E-state index >= 15 is 0 Å². The van der Waals surface area contributed by atoms with Gasteiger partial charge in [0, 0.05) is 19.8 Å². The zero-order valence-electron chi connectivity index (χ0n) is 35.5. The molecule has 2 aromatic carbocycles. The molecule has 11 nitrogen and oxygen atoms in total. The summed E-state index contributed by atoms with van der Waals surface area (Å²) in [5.41, 5.74) is 3.78. The smallest absolute Gasteiger partial charge is 0.408 e. The number of carbonyl (C=O) groups is 2. The summed E-state index contributed by atoms with van der Waals surface area (Å²) < 4.78 is 50.3. The molecule has 1 N–H and O–H groups in total. The van der Waals surface area contributed by atoms with Crippen LogP contribution in [0, 0.1) is 5.92 Å². The number of hydrogen-bond donors (Lipinski definition) is 1. The van der Waals surface area contributed by atoms with Crippen molar-refractivity contribution < 1.29 is 47.5 Å². The number of alkyl carbamates (subject to hydrolysis) is 1. The lowest BCUT2D eigenvalue weighted by atomic mass is 9.87. The van der Waals surface area contributed by atoms with Gasteiger partial charge in [-0.05, 0) is 93.2 Å². The highest BCUT2D eigenvalue weighted by Gasteiger charge is 2.49. The number of amides is 1. The van der Waals surface area contributed by atoms with Crippen molar-refractivity contribution in [2.45, 2.75) is 156 Å². The normalized spacial score (nSPS) is 21.4. The maximum atomic E-state index is 13.7. The molecule has 0 radical (unpaired) electrons. The fourth-order valence-corrected chi connectivity index (χ4v) is 6.92. The van der Waals surface area contributed by atoms with Gasteiger partial charge in [-0.2, -0.15) is 0 Å². The van der Waals surface area contributed by atoms with Gasteiger partial charge in [0.25, 0.3) is 0 Å². The minimum absolute atomic E-state index is 0.0994. The van der Waals surface area contributed by atoms with Crippen molar-refractivity contribution in [1.82, 2.24) is 5.32 Å². The lowest BCUT2D eigenvalue weighted by Crippen LogP contribution is -2.59. The van der Waals surface area contributed by atoms with Crippen LogP contribution >= 0.6 is 0 Å². The molecule has 1 fully saturated rings. The topological polar surface area (TPSA) is 120 Å². The average Bonchev–Trinajstić information content (AvgIpc) is 3.16. The van der Waals surface area contributed by atoms with Crippen molar-refractivity contribution in [3.63, 3.8) is 0 Å². The summed E-state index contributed by atoms with van der Waals surface area (Å²) in [7, 11) is 0. The average molecular weight is 784 g/mol. The molecule has 2 aliphatic rings. The van der Waals surface area contributed by atoms with E-state index in [0.717, 1.165) is 67.6 Å². The van der Waals surface area contributed by atoms with E-state index in [0.29, 0.717) is 39.5 Å². The Morgan fingerprint density at radius 3 is 2.02 bits per heavy atom. The Balaban J connectivity index is 1.70. The number of fused-ring (bicyclic) bond motifs is 1. The van der Waals surface area contributed by atoms with Crippen LogP contribution < -0.4 is 14.8 Å². The van der Waals surface area contributed by atoms with Gasteiger partial charge >= 0.3 is 12.1 Å². The molecular weight excluding hydrogens is 714 g/mol. The van der Waals surface area contributed by atoms with Crippen LogP contribution in [0.3, 0.4) is 0 Å². The van der Waals surface area contributed by atoms with Crippen molar-refractivity contribution in [3.8, 4) is 11.5 Å². The van der Waals surface area contributed by atoms with Gasteiger partial charge in [-0.3, -0.25) is 0 Å². The summed E-state index contributed by atoms with van der Waals surface area (Å²) in [4.78, 5) is 26.4. The fourth-order valence-electron chi connectivity index (χ4n) is 6.92. The van der Waals surface area contributed by atoms with Gasteiger partial charge in [0.05, 0.1) is 0 Å². The van der Waals surface area contributed by atoms with Gasteiger partial charge in [0.1, 0.15) is 62.0 Å². The zero-order chi connectivity index (χ0) is 40.7. The summed E-state index contributed by atoms with van der Waals surface area (Å²) >= 11 is 0. The van der Waals surface area contributed by atoms with Crippen LogP contribution in [0.1, 0.15) is 129 Å². The Hall–Kier alpha value is -3.38. The van der Waals surface area contributed by atoms with Crippen molar-refractivity contribution in [3.05, 3.63) is 58.7 Å². The number of hydrogen-bond acceptors (Lipinski definition) is 10. The van der Waals surface area contributed by atoms with E-state index < -0.39 is 54.2 Å². The summed E-state index contributed by atoms with van der Waals surface area (Å²) in [5.74, 6) is 0.710. The van der Waals surface area contributed by atoms with Gasteiger partial charge in [0.2, 0.25) is 0 Å². The minimum Gasteiger partial charge on any atom is -0.486 e. The monoisotopic (exact) mass is 783 g/mol. The van der Waals surface area contributed by atoms with Gasteiger partial charge in [-0.25, -0.2) is 9.59 Å². The molecule has 2 aliphatic heterocycles. The van der Waals surface area contributed by atoms with Crippen LogP contribution in [-0.4, -0.2) is 87.8 Å². The Bertz CT molecular complexity index is 1510. The molecule has 2 aromatic rings. The summed E-state index contributed by atoms with van der Waals surface area (Å²) in [6.07, 6.45) is 3.64. The fraction of sp³-hybridized carbons (Fsp3) is 0.689. The van der Waals surface area contributed by atoms with Gasteiger partial charge in [-0.15, -0.1) is 0 Å². The molecule has 0 unspecified atom stereocenters. The van der Waals surface area contributed by atoms with Gasteiger partial charge < -0.3 is 43.2 Å². The van der Waals surface area contributed by atoms with E-state index in [1.165, 1.54) is 11.1 Å². The first-order chi connectivity index (χ1) is 26.9. The molecule has 0 saturated carbocycles. The van der Waals surface area contributed by atoms with Crippen LogP contribution in [0.25, 0.3) is 0 Å². The molecule has 11 heteroatoms. The number of carbonyl (C=O) groups excluding carboxylic acids is 2. The molecule has 56 heavy (non-hydrogen) atoms. The van der Waals surface area contributed by atoms with E-state index in [-0.39, 0.29) is 12.5 Å². The number of nitrogens with one attached hydrogen (secondary N) is 1. The van der Waals surface area contributed by atoms with Crippen molar-refractivity contribution in [2.24, 2.45) is 5.92 Å². The number of aryl methyl sites for hydroxylation is 1. The summed E-state index contributed by atoms with van der Waals surface area (Å²) in [5, 5.41) is 2.71. The lowest BCUT2D eigenvalue weighted by Gasteiger charge is -2.46. The third kappa shape index (κ3) is 13.4. The summed E-state index contributed by atoms with van der Waals surface area (Å²) in [6.45, 7) is 20.1. The number of benzene rings is 2. The van der Waals surface area contributed by atoms with Crippen LogP contribution in [0.5, 0.6) is 11.5 Å².